The highest BCUT2D eigenvalue weighted by Crippen LogP contribution is 2.28. The van der Waals surface area contributed by atoms with Crippen LogP contribution in [0.4, 0.5) is 16.0 Å². The summed E-state index contributed by atoms with van der Waals surface area (Å²) in [5.41, 5.74) is 2.01. The molecule has 8 heteroatoms. The number of carbonyl (C=O) groups is 1. The first-order valence-corrected chi connectivity index (χ1v) is 12.0. The van der Waals surface area contributed by atoms with Crippen LogP contribution in [0.5, 0.6) is 5.88 Å². The molecule has 5 rings (SSSR count). The van der Waals surface area contributed by atoms with Crippen molar-refractivity contribution in [2.75, 3.05) is 49.5 Å². The number of aryl methyl sites for hydroxylation is 2. The summed E-state index contributed by atoms with van der Waals surface area (Å²) in [5.74, 6) is 1.86. The van der Waals surface area contributed by atoms with Gasteiger partial charge in [0, 0.05) is 49.7 Å². The number of benzene rings is 1. The van der Waals surface area contributed by atoms with Crippen molar-refractivity contribution in [3.05, 3.63) is 53.5 Å². The van der Waals surface area contributed by atoms with Gasteiger partial charge in [-0.3, -0.25) is 9.69 Å². The maximum Gasteiger partial charge on any atom is 0.225 e. The van der Waals surface area contributed by atoms with E-state index >= 15 is 0 Å². The third kappa shape index (κ3) is 5.12. The SMILES string of the molecule is Cc1cc2ccc(F)cc2c(N2CCN(CCCCOc3ccc4c(n3)NC(=O)CC4)CC2)n1. The molecule has 34 heavy (non-hydrogen) atoms. The third-order valence-electron chi connectivity index (χ3n) is 6.53. The zero-order valence-corrected chi connectivity index (χ0v) is 19.5. The molecule has 4 heterocycles. The van der Waals surface area contributed by atoms with Crippen LogP contribution in [0, 0.1) is 12.7 Å². The van der Waals surface area contributed by atoms with E-state index in [0.29, 0.717) is 24.7 Å². The summed E-state index contributed by atoms with van der Waals surface area (Å²) in [6.45, 7) is 7.28. The molecule has 7 nitrogen and oxygen atoms in total. The minimum absolute atomic E-state index is 0.00998. The topological polar surface area (TPSA) is 70.6 Å². The fraction of sp³-hybridized carbons (Fsp3) is 0.423. The van der Waals surface area contributed by atoms with Crippen LogP contribution >= 0.6 is 0 Å². The lowest BCUT2D eigenvalue weighted by Crippen LogP contribution is -2.47. The first-order chi connectivity index (χ1) is 16.5. The summed E-state index contributed by atoms with van der Waals surface area (Å²) < 4.78 is 19.7. The molecule has 0 unspecified atom stereocenters. The average Bonchev–Trinajstić information content (AvgIpc) is 2.84. The highest BCUT2D eigenvalue weighted by Gasteiger charge is 2.20. The van der Waals surface area contributed by atoms with Crippen molar-refractivity contribution >= 4 is 28.3 Å². The van der Waals surface area contributed by atoms with Crippen LogP contribution in [-0.2, 0) is 11.2 Å². The molecule has 2 aliphatic rings. The second-order valence-corrected chi connectivity index (χ2v) is 9.04. The van der Waals surface area contributed by atoms with E-state index < -0.39 is 0 Å². The van der Waals surface area contributed by atoms with Gasteiger partial charge < -0.3 is 15.0 Å². The van der Waals surface area contributed by atoms with Crippen LogP contribution in [0.25, 0.3) is 10.8 Å². The molecule has 0 spiro atoms. The summed E-state index contributed by atoms with van der Waals surface area (Å²) in [7, 11) is 0. The highest BCUT2D eigenvalue weighted by atomic mass is 19.1. The molecule has 0 atom stereocenters. The van der Waals surface area contributed by atoms with Crippen LogP contribution in [0.15, 0.2) is 36.4 Å². The number of nitrogens with one attached hydrogen (secondary N) is 1. The molecule has 1 amide bonds. The van der Waals surface area contributed by atoms with E-state index in [-0.39, 0.29) is 11.7 Å². The second-order valence-electron chi connectivity index (χ2n) is 9.04. The fourth-order valence-electron chi connectivity index (χ4n) is 4.67. The summed E-state index contributed by atoms with van der Waals surface area (Å²) in [4.78, 5) is 25.4. The molecule has 2 aliphatic heterocycles. The molecule has 3 aromatic rings. The Morgan fingerprint density at radius 1 is 1.03 bits per heavy atom. The quantitative estimate of drug-likeness (QED) is 0.535. The lowest BCUT2D eigenvalue weighted by Gasteiger charge is -2.36. The van der Waals surface area contributed by atoms with E-state index in [1.807, 2.05) is 31.2 Å². The van der Waals surface area contributed by atoms with Gasteiger partial charge in [-0.15, -0.1) is 0 Å². The van der Waals surface area contributed by atoms with Gasteiger partial charge in [0.15, 0.2) is 0 Å². The number of anilines is 2. The molecule has 1 saturated heterocycles. The Labute approximate surface area is 198 Å². The van der Waals surface area contributed by atoms with Crippen molar-refractivity contribution in [3.63, 3.8) is 0 Å². The van der Waals surface area contributed by atoms with Gasteiger partial charge in [0.05, 0.1) is 6.61 Å². The number of carbonyl (C=O) groups excluding carboxylic acids is 1. The molecule has 1 N–H and O–H groups in total. The summed E-state index contributed by atoms with van der Waals surface area (Å²) in [6, 6.07) is 10.8. The van der Waals surface area contributed by atoms with Crippen LogP contribution in [0.2, 0.25) is 0 Å². The van der Waals surface area contributed by atoms with Crippen molar-refractivity contribution in [2.24, 2.45) is 0 Å². The number of hydrogen-bond acceptors (Lipinski definition) is 6. The fourth-order valence-corrected chi connectivity index (χ4v) is 4.67. The number of pyridine rings is 2. The number of hydrogen-bond donors (Lipinski definition) is 1. The normalized spacial score (nSPS) is 16.4. The third-order valence-corrected chi connectivity index (χ3v) is 6.53. The van der Waals surface area contributed by atoms with E-state index in [9.17, 15) is 9.18 Å². The Balaban J connectivity index is 1.07. The first kappa shape index (κ1) is 22.5. The predicted molar refractivity (Wildman–Crippen MR) is 131 cm³/mol. The molecule has 178 valence electrons. The molecule has 0 saturated carbocycles. The molecule has 1 fully saturated rings. The van der Waals surface area contributed by atoms with Gasteiger partial charge in [0.25, 0.3) is 0 Å². The van der Waals surface area contributed by atoms with Crippen LogP contribution in [0.1, 0.15) is 30.5 Å². The number of fused-ring (bicyclic) bond motifs is 2. The van der Waals surface area contributed by atoms with Gasteiger partial charge in [-0.05, 0) is 67.9 Å². The largest absolute Gasteiger partial charge is 0.478 e. The molecular formula is C26H30FN5O2. The molecule has 0 radical (unpaired) electrons. The number of amides is 1. The van der Waals surface area contributed by atoms with Crippen LogP contribution < -0.4 is 15.0 Å². The van der Waals surface area contributed by atoms with E-state index in [0.717, 1.165) is 79.8 Å². The van der Waals surface area contributed by atoms with Gasteiger partial charge in [0.2, 0.25) is 11.8 Å². The van der Waals surface area contributed by atoms with Gasteiger partial charge in [0.1, 0.15) is 17.5 Å². The molecular weight excluding hydrogens is 433 g/mol. The number of piperazine rings is 1. The Kier molecular flexibility index (Phi) is 6.58. The summed E-state index contributed by atoms with van der Waals surface area (Å²) >= 11 is 0. The first-order valence-electron chi connectivity index (χ1n) is 12.0. The lowest BCUT2D eigenvalue weighted by atomic mass is 10.1. The van der Waals surface area contributed by atoms with Crippen molar-refractivity contribution in [3.8, 4) is 5.88 Å². The average molecular weight is 464 g/mol. The highest BCUT2D eigenvalue weighted by molar-refractivity contribution is 5.93. The van der Waals surface area contributed by atoms with Crippen molar-refractivity contribution in [2.45, 2.75) is 32.6 Å². The monoisotopic (exact) mass is 463 g/mol. The molecule has 2 aromatic heterocycles. The maximum absolute atomic E-state index is 13.9. The number of ether oxygens (including phenoxy) is 1. The molecule has 1 aromatic carbocycles. The smallest absolute Gasteiger partial charge is 0.225 e. The molecule has 0 aliphatic carbocycles. The van der Waals surface area contributed by atoms with E-state index in [1.165, 1.54) is 6.07 Å². The number of halogens is 1. The van der Waals surface area contributed by atoms with Gasteiger partial charge in [-0.25, -0.2) is 9.37 Å². The lowest BCUT2D eigenvalue weighted by molar-refractivity contribution is -0.116. The Morgan fingerprint density at radius 3 is 2.74 bits per heavy atom. The summed E-state index contributed by atoms with van der Waals surface area (Å²) in [6.07, 6.45) is 3.22. The van der Waals surface area contributed by atoms with E-state index in [2.05, 4.69) is 20.1 Å². The number of rotatable bonds is 7. The molecule has 0 bridgehead atoms. The maximum atomic E-state index is 13.9. The van der Waals surface area contributed by atoms with Crippen molar-refractivity contribution in [1.29, 1.82) is 0 Å². The minimum atomic E-state index is -0.226. The van der Waals surface area contributed by atoms with Crippen molar-refractivity contribution < 1.29 is 13.9 Å². The minimum Gasteiger partial charge on any atom is -0.478 e. The zero-order valence-electron chi connectivity index (χ0n) is 19.5. The van der Waals surface area contributed by atoms with E-state index in [1.54, 1.807) is 6.07 Å². The van der Waals surface area contributed by atoms with Gasteiger partial charge >= 0.3 is 0 Å². The number of unbranched alkanes of at least 4 members (excludes halogenated alkanes) is 1. The van der Waals surface area contributed by atoms with Gasteiger partial charge in [-0.1, -0.05) is 6.07 Å². The van der Waals surface area contributed by atoms with Crippen LogP contribution in [-0.4, -0.2) is 60.1 Å². The standard InChI is InChI=1S/C26H30FN5O2/c1-18-16-20-4-7-21(27)17-22(20)26(28-18)32-13-11-31(12-14-32)10-2-3-15-34-24-9-6-19-5-8-23(33)29-25(19)30-24/h4,6-7,9,16-17H,2-3,5,8,10-15H2,1H3,(H,29,30,33). The van der Waals surface area contributed by atoms with Crippen molar-refractivity contribution in [1.82, 2.24) is 14.9 Å². The Bertz CT molecular complexity index is 1190. The van der Waals surface area contributed by atoms with Crippen LogP contribution in [0.3, 0.4) is 0 Å². The van der Waals surface area contributed by atoms with Gasteiger partial charge in [-0.2, -0.15) is 4.98 Å². The Hall–Kier alpha value is -3.26. The van der Waals surface area contributed by atoms with E-state index in [4.69, 9.17) is 9.72 Å². The number of aromatic nitrogens is 2. The second kappa shape index (κ2) is 9.93. The number of nitrogens with zero attached hydrogens (tertiary/aromatic N) is 4. The predicted octanol–water partition coefficient (Wildman–Crippen LogP) is 3.94. The Morgan fingerprint density at radius 2 is 1.88 bits per heavy atom. The summed E-state index contributed by atoms with van der Waals surface area (Å²) in [5, 5.41) is 4.72. The zero-order chi connectivity index (χ0) is 23.5.